The molecular formula is C25H31N7OS2. The van der Waals surface area contributed by atoms with E-state index < -0.39 is 0 Å². The van der Waals surface area contributed by atoms with Crippen molar-refractivity contribution < 1.29 is 4.79 Å². The first kappa shape index (κ1) is 23.0. The van der Waals surface area contributed by atoms with Crippen molar-refractivity contribution in [3.05, 3.63) is 36.2 Å². The van der Waals surface area contributed by atoms with Crippen LogP contribution in [0.2, 0.25) is 0 Å². The summed E-state index contributed by atoms with van der Waals surface area (Å²) in [6.07, 6.45) is 11.4. The van der Waals surface area contributed by atoms with Crippen LogP contribution in [0.3, 0.4) is 0 Å². The van der Waals surface area contributed by atoms with Crippen LogP contribution in [0.4, 0.5) is 11.1 Å². The summed E-state index contributed by atoms with van der Waals surface area (Å²) < 4.78 is 1.06. The van der Waals surface area contributed by atoms with Gasteiger partial charge in [-0.25, -0.2) is 15.0 Å². The Labute approximate surface area is 213 Å². The van der Waals surface area contributed by atoms with Crippen LogP contribution in [0, 0.1) is 0 Å². The fraction of sp³-hybridized carbons (Fsp3) is 0.520. The normalized spacial score (nSPS) is 24.6. The van der Waals surface area contributed by atoms with Crippen molar-refractivity contribution in [3.63, 3.8) is 0 Å². The molecule has 4 heterocycles. The van der Waals surface area contributed by atoms with Gasteiger partial charge in [-0.05, 0) is 63.1 Å². The number of benzene rings is 1. The number of thiazole rings is 1. The van der Waals surface area contributed by atoms with E-state index in [-0.39, 0.29) is 5.91 Å². The minimum Gasteiger partial charge on any atom is -0.359 e. The van der Waals surface area contributed by atoms with Crippen LogP contribution in [0.5, 0.6) is 0 Å². The van der Waals surface area contributed by atoms with E-state index in [1.807, 2.05) is 41.7 Å². The van der Waals surface area contributed by atoms with E-state index in [1.54, 1.807) is 23.1 Å². The van der Waals surface area contributed by atoms with E-state index in [4.69, 9.17) is 4.98 Å². The summed E-state index contributed by atoms with van der Waals surface area (Å²) in [5.74, 6) is 0.846. The molecule has 3 aliphatic rings. The average molecular weight is 510 g/mol. The molecule has 0 spiro atoms. The van der Waals surface area contributed by atoms with Crippen molar-refractivity contribution in [3.8, 4) is 0 Å². The smallest absolute Gasteiger partial charge is 0.254 e. The predicted octanol–water partition coefficient (Wildman–Crippen LogP) is 4.17. The monoisotopic (exact) mass is 509 g/mol. The maximum Gasteiger partial charge on any atom is 0.254 e. The largest absolute Gasteiger partial charge is 0.359 e. The van der Waals surface area contributed by atoms with Gasteiger partial charge < -0.3 is 15.5 Å². The molecule has 184 valence electrons. The maximum absolute atomic E-state index is 13.2. The van der Waals surface area contributed by atoms with Gasteiger partial charge in [-0.1, -0.05) is 11.3 Å². The highest BCUT2D eigenvalue weighted by atomic mass is 32.2. The third-order valence-electron chi connectivity index (χ3n) is 7.47. The molecule has 3 atom stereocenters. The summed E-state index contributed by atoms with van der Waals surface area (Å²) in [5, 5.41) is 8.02. The zero-order valence-electron chi connectivity index (χ0n) is 19.9. The number of aromatic nitrogens is 3. The predicted molar refractivity (Wildman–Crippen MR) is 143 cm³/mol. The van der Waals surface area contributed by atoms with Gasteiger partial charge in [0.1, 0.15) is 0 Å². The highest BCUT2D eigenvalue weighted by Gasteiger charge is 2.33. The van der Waals surface area contributed by atoms with E-state index in [2.05, 4.69) is 25.5 Å². The number of anilines is 2. The minimum absolute atomic E-state index is 0.152. The van der Waals surface area contributed by atoms with Crippen LogP contribution < -0.4 is 10.6 Å². The SMILES string of the molecule is CSc1cnc(N[C@H]2CC[C@H](Nc3nc4ccc(C(=O)N5CCN6CCC[C@@H]6C5)cc4s3)C2)nc1. The van der Waals surface area contributed by atoms with E-state index in [0.29, 0.717) is 24.1 Å². The summed E-state index contributed by atoms with van der Waals surface area (Å²) >= 11 is 3.28. The van der Waals surface area contributed by atoms with Gasteiger partial charge in [0.25, 0.3) is 5.91 Å². The number of thioether (sulfide) groups is 1. The standard InChI is InChI=1S/C25H31N7OS2/c1-34-20-13-26-24(27-14-20)28-17-5-6-18(12-17)29-25-30-21-7-4-16(11-22(21)35-25)23(33)32-10-9-31-8-2-3-19(31)15-32/h4,7,11,13-14,17-19H,2-3,5-6,8-10,12,15H2,1H3,(H,29,30)(H,26,27,28)/t17-,18-,19+/m0/s1. The molecule has 2 saturated heterocycles. The van der Waals surface area contributed by atoms with Crippen LogP contribution in [-0.2, 0) is 0 Å². The lowest BCUT2D eigenvalue weighted by molar-refractivity contribution is 0.0571. The number of carbonyl (C=O) groups excluding carboxylic acids is 1. The Kier molecular flexibility index (Phi) is 6.51. The fourth-order valence-electron chi connectivity index (χ4n) is 5.57. The third-order valence-corrected chi connectivity index (χ3v) is 9.10. The van der Waals surface area contributed by atoms with Crippen LogP contribution in [0.25, 0.3) is 10.2 Å². The molecule has 0 bridgehead atoms. The van der Waals surface area contributed by atoms with Crippen molar-refractivity contribution in [2.75, 3.05) is 43.1 Å². The number of fused-ring (bicyclic) bond motifs is 2. The average Bonchev–Trinajstić information content (AvgIpc) is 3.62. The van der Waals surface area contributed by atoms with Crippen LogP contribution in [0.1, 0.15) is 42.5 Å². The number of hydrogen-bond acceptors (Lipinski definition) is 9. The zero-order valence-corrected chi connectivity index (χ0v) is 21.6. The van der Waals surface area contributed by atoms with Gasteiger partial charge >= 0.3 is 0 Å². The second-order valence-electron chi connectivity index (χ2n) is 9.73. The van der Waals surface area contributed by atoms with Gasteiger partial charge in [0.05, 0.1) is 10.2 Å². The van der Waals surface area contributed by atoms with Crippen molar-refractivity contribution in [2.24, 2.45) is 0 Å². The number of carbonyl (C=O) groups is 1. The molecule has 8 nitrogen and oxygen atoms in total. The molecule has 2 N–H and O–H groups in total. The summed E-state index contributed by atoms with van der Waals surface area (Å²) in [6, 6.07) is 7.21. The number of rotatable bonds is 6. The lowest BCUT2D eigenvalue weighted by Crippen LogP contribution is -2.52. The van der Waals surface area contributed by atoms with Gasteiger partial charge in [-0.2, -0.15) is 0 Å². The minimum atomic E-state index is 0.152. The molecule has 1 amide bonds. The molecule has 1 saturated carbocycles. The molecular weight excluding hydrogens is 478 g/mol. The van der Waals surface area contributed by atoms with Gasteiger partial charge in [-0.15, -0.1) is 11.8 Å². The topological polar surface area (TPSA) is 86.3 Å². The molecule has 2 aromatic heterocycles. The Hall–Kier alpha value is -2.43. The van der Waals surface area contributed by atoms with E-state index >= 15 is 0 Å². The Balaban J connectivity index is 1.07. The second-order valence-corrected chi connectivity index (χ2v) is 11.6. The van der Waals surface area contributed by atoms with E-state index in [0.717, 1.165) is 64.7 Å². The van der Waals surface area contributed by atoms with E-state index in [9.17, 15) is 4.79 Å². The summed E-state index contributed by atoms with van der Waals surface area (Å²) in [4.78, 5) is 32.5. The first-order chi connectivity index (χ1) is 17.1. The Morgan fingerprint density at radius 2 is 1.91 bits per heavy atom. The summed E-state index contributed by atoms with van der Waals surface area (Å²) in [7, 11) is 0. The van der Waals surface area contributed by atoms with E-state index in [1.165, 1.54) is 19.4 Å². The molecule has 3 aromatic rings. The molecule has 1 aromatic carbocycles. The lowest BCUT2D eigenvalue weighted by Gasteiger charge is -2.37. The number of amides is 1. The maximum atomic E-state index is 13.2. The lowest BCUT2D eigenvalue weighted by atomic mass is 10.1. The number of hydrogen-bond donors (Lipinski definition) is 2. The highest BCUT2D eigenvalue weighted by Crippen LogP contribution is 2.31. The van der Waals surface area contributed by atoms with Crippen molar-refractivity contribution in [1.82, 2.24) is 24.8 Å². The highest BCUT2D eigenvalue weighted by molar-refractivity contribution is 7.98. The second kappa shape index (κ2) is 9.91. The number of piperazine rings is 1. The zero-order chi connectivity index (χ0) is 23.8. The van der Waals surface area contributed by atoms with Gasteiger partial charge in [0, 0.05) is 60.6 Å². The summed E-state index contributed by atoms with van der Waals surface area (Å²) in [5.41, 5.74) is 1.72. The quantitative estimate of drug-likeness (QED) is 0.479. The molecule has 1 aliphatic carbocycles. The molecule has 6 rings (SSSR count). The number of nitrogens with one attached hydrogen (secondary N) is 2. The molecule has 35 heavy (non-hydrogen) atoms. The van der Waals surface area contributed by atoms with Gasteiger partial charge in [-0.3, -0.25) is 9.69 Å². The fourth-order valence-corrected chi connectivity index (χ4v) is 6.87. The molecule has 2 aliphatic heterocycles. The van der Waals surface area contributed by atoms with Gasteiger partial charge in [0.15, 0.2) is 5.13 Å². The molecule has 10 heteroatoms. The Morgan fingerprint density at radius 1 is 1.09 bits per heavy atom. The third kappa shape index (κ3) is 4.96. The van der Waals surface area contributed by atoms with Crippen molar-refractivity contribution >= 4 is 50.3 Å². The molecule has 0 radical (unpaired) electrons. The summed E-state index contributed by atoms with van der Waals surface area (Å²) in [6.45, 7) is 3.87. The van der Waals surface area contributed by atoms with Crippen LogP contribution >= 0.6 is 23.1 Å². The van der Waals surface area contributed by atoms with Crippen LogP contribution in [0.15, 0.2) is 35.5 Å². The number of nitrogens with zero attached hydrogens (tertiary/aromatic N) is 5. The Morgan fingerprint density at radius 3 is 2.74 bits per heavy atom. The van der Waals surface area contributed by atoms with Crippen LogP contribution in [-0.4, -0.2) is 81.2 Å². The van der Waals surface area contributed by atoms with Gasteiger partial charge in [0.2, 0.25) is 5.95 Å². The van der Waals surface area contributed by atoms with Crippen molar-refractivity contribution in [1.29, 1.82) is 0 Å². The van der Waals surface area contributed by atoms with Crippen molar-refractivity contribution in [2.45, 2.75) is 55.1 Å². The Bertz CT molecular complexity index is 1200. The first-order valence-corrected chi connectivity index (χ1v) is 14.5. The first-order valence-electron chi connectivity index (χ1n) is 12.5. The molecule has 0 unspecified atom stereocenters. The molecule has 3 fully saturated rings.